The highest BCUT2D eigenvalue weighted by Gasteiger charge is 2.41. The first-order chi connectivity index (χ1) is 8.93. The molecule has 1 N–H and O–H groups in total. The summed E-state index contributed by atoms with van der Waals surface area (Å²) in [6.07, 6.45) is 6.64. The quantitative estimate of drug-likeness (QED) is 0.907. The van der Waals surface area contributed by atoms with E-state index in [0.717, 1.165) is 31.4 Å². The Labute approximate surface area is 114 Å². The van der Waals surface area contributed by atoms with Crippen LogP contribution in [0.3, 0.4) is 0 Å². The molecule has 0 aromatic carbocycles. The number of rotatable bonds is 4. The van der Waals surface area contributed by atoms with E-state index < -0.39 is 11.5 Å². The van der Waals surface area contributed by atoms with Gasteiger partial charge in [-0.1, -0.05) is 0 Å². The Morgan fingerprint density at radius 1 is 1.53 bits per heavy atom. The molecule has 0 bridgehead atoms. The van der Waals surface area contributed by atoms with E-state index in [-0.39, 0.29) is 0 Å². The zero-order valence-electron chi connectivity index (χ0n) is 12.0. The van der Waals surface area contributed by atoms with Crippen LogP contribution >= 0.6 is 0 Å². The van der Waals surface area contributed by atoms with Gasteiger partial charge in [0.25, 0.3) is 0 Å². The number of likely N-dealkylation sites (tertiary alicyclic amines) is 1. The fourth-order valence-electron chi connectivity index (χ4n) is 2.63. The van der Waals surface area contributed by atoms with E-state index in [1.807, 2.05) is 24.0 Å². The van der Waals surface area contributed by atoms with E-state index in [2.05, 4.69) is 23.8 Å². The zero-order valence-corrected chi connectivity index (χ0v) is 12.0. The number of aromatic nitrogens is 2. The molecule has 2 heterocycles. The molecule has 1 fully saturated rings. The number of hydrogen-bond acceptors (Lipinski definition) is 3. The molecule has 0 spiro atoms. The Hall–Kier alpha value is -1.36. The SMILES string of the molecule is CC(C)n1cc(CN2CCCCC2(C)C(=O)O)cn1. The van der Waals surface area contributed by atoms with Crippen molar-refractivity contribution in [2.45, 2.75) is 58.2 Å². The molecule has 1 unspecified atom stereocenters. The van der Waals surface area contributed by atoms with Gasteiger partial charge in [-0.2, -0.15) is 5.10 Å². The number of carboxylic acids is 1. The number of nitrogens with zero attached hydrogens (tertiary/aromatic N) is 3. The average molecular weight is 265 g/mol. The fourth-order valence-corrected chi connectivity index (χ4v) is 2.63. The van der Waals surface area contributed by atoms with Gasteiger partial charge in [0.15, 0.2) is 0 Å². The molecule has 1 atom stereocenters. The molecule has 5 nitrogen and oxygen atoms in total. The van der Waals surface area contributed by atoms with Gasteiger partial charge in [0.2, 0.25) is 0 Å². The molecule has 0 radical (unpaired) electrons. The third-order valence-corrected chi connectivity index (χ3v) is 4.06. The van der Waals surface area contributed by atoms with Crippen LogP contribution in [0.25, 0.3) is 0 Å². The van der Waals surface area contributed by atoms with E-state index in [1.54, 1.807) is 0 Å². The molecule has 19 heavy (non-hydrogen) atoms. The molecule has 0 saturated carbocycles. The second-order valence-electron chi connectivity index (χ2n) is 5.88. The molecule has 1 aromatic rings. The summed E-state index contributed by atoms with van der Waals surface area (Å²) < 4.78 is 1.91. The van der Waals surface area contributed by atoms with Gasteiger partial charge in [-0.3, -0.25) is 14.4 Å². The lowest BCUT2D eigenvalue weighted by molar-refractivity contribution is -0.153. The number of carbonyl (C=O) groups is 1. The summed E-state index contributed by atoms with van der Waals surface area (Å²) in [4.78, 5) is 13.6. The summed E-state index contributed by atoms with van der Waals surface area (Å²) in [7, 11) is 0. The topological polar surface area (TPSA) is 58.4 Å². The first-order valence-electron chi connectivity index (χ1n) is 6.95. The molecule has 2 rings (SSSR count). The first kappa shape index (κ1) is 14.1. The highest BCUT2D eigenvalue weighted by Crippen LogP contribution is 2.29. The first-order valence-corrected chi connectivity index (χ1v) is 6.95. The van der Waals surface area contributed by atoms with Crippen LogP contribution in [0.15, 0.2) is 12.4 Å². The summed E-state index contributed by atoms with van der Waals surface area (Å²) in [5, 5.41) is 13.8. The van der Waals surface area contributed by atoms with Crippen molar-refractivity contribution in [3.05, 3.63) is 18.0 Å². The maximum Gasteiger partial charge on any atom is 0.323 e. The van der Waals surface area contributed by atoms with Crippen molar-refractivity contribution in [1.29, 1.82) is 0 Å². The van der Waals surface area contributed by atoms with E-state index in [0.29, 0.717) is 12.6 Å². The Morgan fingerprint density at radius 2 is 2.26 bits per heavy atom. The van der Waals surface area contributed by atoms with Gasteiger partial charge in [-0.25, -0.2) is 0 Å². The molecule has 106 valence electrons. The van der Waals surface area contributed by atoms with Crippen molar-refractivity contribution in [1.82, 2.24) is 14.7 Å². The highest BCUT2D eigenvalue weighted by molar-refractivity contribution is 5.78. The van der Waals surface area contributed by atoms with Gasteiger partial charge < -0.3 is 5.11 Å². The molecule has 1 aliphatic rings. The van der Waals surface area contributed by atoms with Crippen LogP contribution in [0.2, 0.25) is 0 Å². The van der Waals surface area contributed by atoms with Crippen LogP contribution in [0.4, 0.5) is 0 Å². The summed E-state index contributed by atoms with van der Waals surface area (Å²) in [6.45, 7) is 7.50. The third-order valence-electron chi connectivity index (χ3n) is 4.06. The molecule has 1 saturated heterocycles. The third kappa shape index (κ3) is 2.81. The molecule has 1 aliphatic heterocycles. The van der Waals surface area contributed by atoms with Gasteiger partial charge in [0, 0.05) is 24.3 Å². The van der Waals surface area contributed by atoms with E-state index in [1.165, 1.54) is 0 Å². The molecule has 5 heteroatoms. The monoisotopic (exact) mass is 265 g/mol. The molecular weight excluding hydrogens is 242 g/mol. The molecular formula is C14H23N3O2. The summed E-state index contributed by atoms with van der Waals surface area (Å²) >= 11 is 0. The summed E-state index contributed by atoms with van der Waals surface area (Å²) in [5.41, 5.74) is 0.348. The zero-order chi connectivity index (χ0) is 14.0. The smallest absolute Gasteiger partial charge is 0.323 e. The normalized spacial score (nSPS) is 24.8. The Bertz CT molecular complexity index is 455. The maximum absolute atomic E-state index is 11.5. The van der Waals surface area contributed by atoms with Crippen molar-refractivity contribution in [2.75, 3.05) is 6.54 Å². The average Bonchev–Trinajstić information content (AvgIpc) is 2.81. The second kappa shape index (κ2) is 5.33. The number of piperidine rings is 1. The van der Waals surface area contributed by atoms with Crippen molar-refractivity contribution in [3.63, 3.8) is 0 Å². The number of hydrogen-bond donors (Lipinski definition) is 1. The van der Waals surface area contributed by atoms with Crippen molar-refractivity contribution in [3.8, 4) is 0 Å². The Balaban J connectivity index is 2.13. The largest absolute Gasteiger partial charge is 0.480 e. The van der Waals surface area contributed by atoms with Gasteiger partial charge >= 0.3 is 5.97 Å². The van der Waals surface area contributed by atoms with Crippen molar-refractivity contribution in [2.24, 2.45) is 0 Å². The minimum atomic E-state index is -0.738. The lowest BCUT2D eigenvalue weighted by atomic mass is 9.88. The van der Waals surface area contributed by atoms with Gasteiger partial charge in [-0.05, 0) is 46.6 Å². The van der Waals surface area contributed by atoms with Crippen LogP contribution in [-0.2, 0) is 11.3 Å². The molecule has 0 aliphatic carbocycles. The van der Waals surface area contributed by atoms with Crippen LogP contribution < -0.4 is 0 Å². The Kier molecular flexibility index (Phi) is 3.94. The fraction of sp³-hybridized carbons (Fsp3) is 0.714. The molecule has 0 amide bonds. The predicted molar refractivity (Wildman–Crippen MR) is 72.9 cm³/mol. The van der Waals surface area contributed by atoms with Crippen LogP contribution in [0.1, 0.15) is 51.6 Å². The second-order valence-corrected chi connectivity index (χ2v) is 5.88. The minimum absolute atomic E-state index is 0.334. The number of aliphatic carboxylic acids is 1. The number of carboxylic acid groups (broad SMARTS) is 1. The van der Waals surface area contributed by atoms with Crippen LogP contribution in [-0.4, -0.2) is 37.8 Å². The predicted octanol–water partition coefficient (Wildman–Crippen LogP) is 2.29. The summed E-state index contributed by atoms with van der Waals surface area (Å²) in [5.74, 6) is -0.719. The summed E-state index contributed by atoms with van der Waals surface area (Å²) in [6, 6.07) is 0.334. The van der Waals surface area contributed by atoms with E-state index >= 15 is 0 Å². The van der Waals surface area contributed by atoms with Crippen molar-refractivity contribution < 1.29 is 9.90 Å². The Morgan fingerprint density at radius 3 is 2.84 bits per heavy atom. The lowest BCUT2D eigenvalue weighted by Gasteiger charge is -2.41. The highest BCUT2D eigenvalue weighted by atomic mass is 16.4. The van der Waals surface area contributed by atoms with Gasteiger partial charge in [0.1, 0.15) is 5.54 Å². The van der Waals surface area contributed by atoms with Crippen LogP contribution in [0.5, 0.6) is 0 Å². The minimum Gasteiger partial charge on any atom is -0.480 e. The lowest BCUT2D eigenvalue weighted by Crippen LogP contribution is -2.54. The standard InChI is InChI=1S/C14H23N3O2/c1-11(2)17-10-12(8-15-17)9-16-7-5-4-6-14(16,3)13(18)19/h8,10-11H,4-7,9H2,1-3H3,(H,18,19). The van der Waals surface area contributed by atoms with Crippen molar-refractivity contribution >= 4 is 5.97 Å². The van der Waals surface area contributed by atoms with E-state index in [9.17, 15) is 9.90 Å². The maximum atomic E-state index is 11.5. The van der Waals surface area contributed by atoms with Crippen LogP contribution in [0, 0.1) is 0 Å². The van der Waals surface area contributed by atoms with E-state index in [4.69, 9.17) is 0 Å². The van der Waals surface area contributed by atoms with Gasteiger partial charge in [-0.15, -0.1) is 0 Å². The molecule has 1 aromatic heterocycles. The van der Waals surface area contributed by atoms with Gasteiger partial charge in [0.05, 0.1) is 6.20 Å².